The molecule has 0 heterocycles. The molecule has 24 heavy (non-hydrogen) atoms. The van der Waals surface area contributed by atoms with Crippen molar-refractivity contribution in [1.82, 2.24) is 0 Å². The molecule has 11 heteroatoms. The molecule has 0 atom stereocenters. The Morgan fingerprint density at radius 2 is 1.21 bits per heavy atom. The molecule has 0 aromatic rings. The summed E-state index contributed by atoms with van der Waals surface area (Å²) in [5.74, 6) is 0. The molecule has 1 aliphatic carbocycles. The van der Waals surface area contributed by atoms with Gasteiger partial charge in [0.1, 0.15) is 0 Å². The minimum atomic E-state index is -5.48. The van der Waals surface area contributed by atoms with Gasteiger partial charge in [0.25, 0.3) is 0 Å². The Labute approximate surface area is 161 Å². The zero-order valence-electron chi connectivity index (χ0n) is 13.7. The van der Waals surface area contributed by atoms with Gasteiger partial charge in [-0.1, -0.05) is 0 Å². The number of alkyl halides is 6. The van der Waals surface area contributed by atoms with Gasteiger partial charge in [0.2, 0.25) is 0 Å². The van der Waals surface area contributed by atoms with Crippen LogP contribution >= 0.6 is 0 Å². The summed E-state index contributed by atoms with van der Waals surface area (Å²) in [6, 6.07) is 0. The van der Waals surface area contributed by atoms with Crippen LogP contribution in [0, 0.1) is 6.08 Å². The van der Waals surface area contributed by atoms with E-state index in [1.54, 1.807) is 20.8 Å². The van der Waals surface area contributed by atoms with Crippen LogP contribution in [0.5, 0.6) is 0 Å². The van der Waals surface area contributed by atoms with Crippen molar-refractivity contribution < 1.29 is 67.9 Å². The summed E-state index contributed by atoms with van der Waals surface area (Å²) in [6.45, 7) is 5.79. The van der Waals surface area contributed by atoms with Crippen LogP contribution in [0.2, 0.25) is 0 Å². The molecule has 3 N–H and O–H groups in total. The van der Waals surface area contributed by atoms with Crippen molar-refractivity contribution in [2.45, 2.75) is 37.2 Å². The second kappa shape index (κ2) is 18.2. The smallest absolute Gasteiger partial charge is 0 e. The van der Waals surface area contributed by atoms with E-state index in [0.29, 0.717) is 0 Å². The number of allylic oxidation sites excluding steroid dienone is 4. The molecule has 1 aliphatic rings. The zero-order valence-corrected chi connectivity index (χ0v) is 18.6. The van der Waals surface area contributed by atoms with E-state index in [-0.39, 0.29) is 52.4 Å². The molecule has 3 nitrogen and oxygen atoms in total. The number of halogens is 6. The molecule has 0 saturated heterocycles. The van der Waals surface area contributed by atoms with Gasteiger partial charge in [0, 0.05) is 46.0 Å². The van der Waals surface area contributed by atoms with Gasteiger partial charge >= 0.3 is 79.8 Å². The first kappa shape index (κ1) is 32.1. The van der Waals surface area contributed by atoms with Crippen LogP contribution in [-0.2, 0) is 26.2 Å². The molecular formula is C13H23F6GeO3Zr-. The predicted molar refractivity (Wildman–Crippen MR) is 78.1 cm³/mol. The Morgan fingerprint density at radius 1 is 0.917 bits per heavy atom. The van der Waals surface area contributed by atoms with E-state index in [1.165, 1.54) is 6.08 Å². The van der Waals surface area contributed by atoms with Crippen molar-refractivity contribution >= 4 is 14.3 Å². The topological polar surface area (TPSA) is 60.7 Å². The molecule has 0 aromatic carbocycles. The van der Waals surface area contributed by atoms with Gasteiger partial charge in [-0.2, -0.15) is 0 Å². The van der Waals surface area contributed by atoms with Crippen LogP contribution in [0.4, 0.5) is 26.3 Å². The quantitative estimate of drug-likeness (QED) is 0.292. The molecule has 0 aliphatic heterocycles. The molecule has 0 spiro atoms. The number of hydrogen-bond acceptors (Lipinski definition) is 3. The Morgan fingerprint density at radius 3 is 1.38 bits per heavy atom. The molecular weight excluding hydrogens is 482 g/mol. The minimum Gasteiger partial charge on any atom is 0 e. The maximum atomic E-state index is 12.1. The molecule has 1 rings (SSSR count). The molecule has 0 unspecified atom stereocenters. The molecule has 144 valence electrons. The van der Waals surface area contributed by atoms with Crippen molar-refractivity contribution in [3.8, 4) is 0 Å². The van der Waals surface area contributed by atoms with Gasteiger partial charge in [-0.25, -0.2) is 0 Å². The second-order valence-electron chi connectivity index (χ2n) is 3.70. The maximum absolute atomic E-state index is 12.1. The van der Waals surface area contributed by atoms with Crippen molar-refractivity contribution in [2.24, 2.45) is 0 Å². The van der Waals surface area contributed by atoms with Gasteiger partial charge in [0.05, 0.1) is 0 Å². The third kappa shape index (κ3) is 18.7. The summed E-state index contributed by atoms with van der Waals surface area (Å²) in [7, 11) is 0. The van der Waals surface area contributed by atoms with Gasteiger partial charge in [-0.05, 0) is 20.8 Å². The van der Waals surface area contributed by atoms with E-state index < -0.39 is 28.8 Å². The number of aliphatic hydroxyl groups excluding tert-OH is 3. The largest absolute Gasteiger partial charge is 0 e. The SMILES string of the molecule is CCO.CCO.CCO.F[C](F)(F)[GeH]([C]1=[C-]CC=C1)[C](F)(F)F.[Zr]. The summed E-state index contributed by atoms with van der Waals surface area (Å²) >= 11 is -5.48. The summed E-state index contributed by atoms with van der Waals surface area (Å²) in [4.78, 5) is 0. The number of aliphatic hydroxyl groups is 3. The summed E-state index contributed by atoms with van der Waals surface area (Å²) in [6.07, 6.45) is 4.31. The van der Waals surface area contributed by atoms with Crippen LogP contribution < -0.4 is 0 Å². The third-order valence-electron chi connectivity index (χ3n) is 1.69. The van der Waals surface area contributed by atoms with Gasteiger partial charge in [-0.3, -0.25) is 0 Å². The molecule has 0 bridgehead atoms. The fourth-order valence-electron chi connectivity index (χ4n) is 1.16. The van der Waals surface area contributed by atoms with Gasteiger partial charge in [-0.15, -0.1) is 0 Å². The zero-order chi connectivity index (χ0) is 19.1. The van der Waals surface area contributed by atoms with Crippen LogP contribution in [0.3, 0.4) is 0 Å². The monoisotopic (exact) mass is 505 g/mol. The molecule has 0 radical (unpaired) electrons. The van der Waals surface area contributed by atoms with Crippen molar-refractivity contribution in [1.29, 1.82) is 0 Å². The summed E-state index contributed by atoms with van der Waals surface area (Å²) in [5, 5.41) is 12.5. The van der Waals surface area contributed by atoms with E-state index in [0.717, 1.165) is 6.08 Å². The first-order valence-corrected chi connectivity index (χ1v) is 10.3. The minimum absolute atomic E-state index is 0. The average Bonchev–Trinajstić information content (AvgIpc) is 2.81. The fourth-order valence-corrected chi connectivity index (χ4v) is 4.78. The third-order valence-corrected chi connectivity index (χ3v) is 6.57. The molecule has 0 fully saturated rings. The van der Waals surface area contributed by atoms with E-state index in [1.807, 2.05) is 0 Å². The number of rotatable bonds is 1. The normalized spacial score (nSPS) is 12.6. The van der Waals surface area contributed by atoms with Gasteiger partial charge < -0.3 is 15.3 Å². The summed E-state index contributed by atoms with van der Waals surface area (Å²) in [5.41, 5.74) is 0. The average molecular weight is 505 g/mol. The van der Waals surface area contributed by atoms with E-state index in [2.05, 4.69) is 6.08 Å². The Hall–Kier alpha value is 0.366. The molecule has 0 aromatic heterocycles. The Kier molecular flexibility index (Phi) is 24.3. The standard InChI is InChI=1S/C7H5F6Ge.3C2H6O.Zr/c8-6(9,10)14(7(11,12)13)5-3-1-2-4-5;3*1-2-3;/h1,3,14H,2H2;3*3H,2H2,1H3;/q-1;;;;. The predicted octanol–water partition coefficient (Wildman–Crippen LogP) is 2.64. The first-order valence-electron chi connectivity index (χ1n) is 6.70. The Bertz CT molecular complexity index is 314. The van der Waals surface area contributed by atoms with Crippen LogP contribution in [0.15, 0.2) is 16.6 Å². The number of hydrogen-bond donors (Lipinski definition) is 3. The fraction of sp³-hybridized carbons (Fsp3) is 0.692. The van der Waals surface area contributed by atoms with Crippen LogP contribution in [0.1, 0.15) is 27.2 Å². The first-order chi connectivity index (χ1) is 10.5. The van der Waals surface area contributed by atoms with Crippen molar-refractivity contribution in [2.75, 3.05) is 19.8 Å². The van der Waals surface area contributed by atoms with E-state index >= 15 is 0 Å². The Balaban J connectivity index is -0.000000169. The van der Waals surface area contributed by atoms with Crippen LogP contribution in [-0.4, -0.2) is 59.5 Å². The van der Waals surface area contributed by atoms with E-state index in [9.17, 15) is 26.3 Å². The maximum Gasteiger partial charge on any atom is 0 e. The second-order valence-corrected chi connectivity index (χ2v) is 9.57. The summed E-state index contributed by atoms with van der Waals surface area (Å²) < 4.78 is 72.2. The van der Waals surface area contributed by atoms with Crippen molar-refractivity contribution in [3.63, 3.8) is 0 Å². The van der Waals surface area contributed by atoms with Crippen molar-refractivity contribution in [3.05, 3.63) is 22.6 Å². The van der Waals surface area contributed by atoms with Crippen LogP contribution in [0.25, 0.3) is 0 Å². The molecule has 0 saturated carbocycles. The van der Waals surface area contributed by atoms with E-state index in [4.69, 9.17) is 15.3 Å². The molecule has 0 amide bonds. The van der Waals surface area contributed by atoms with Gasteiger partial charge in [0.15, 0.2) is 0 Å².